The molecule has 2 nitrogen and oxygen atoms in total. The largest absolute Gasteiger partial charge is 0.311 e. The monoisotopic (exact) mass is 778 g/mol. The van der Waals surface area contributed by atoms with E-state index in [0.29, 0.717) is 5.69 Å². The van der Waals surface area contributed by atoms with Gasteiger partial charge in [-0.3, -0.25) is 0 Å². The van der Waals surface area contributed by atoms with Crippen LogP contribution in [0.2, 0.25) is 0 Å². The van der Waals surface area contributed by atoms with E-state index >= 15 is 0 Å². The number of hydrogen-bond acceptors (Lipinski definition) is 1. The first-order valence-electron chi connectivity index (χ1n) is 19.0. The second-order valence-corrected chi connectivity index (χ2v) is 14.4. The van der Waals surface area contributed by atoms with Crippen LogP contribution in [0, 0.1) is 29.1 Å². The van der Waals surface area contributed by atoms with Crippen LogP contribution < -0.4 is 4.90 Å². The lowest BCUT2D eigenvalue weighted by Crippen LogP contribution is -2.10. The van der Waals surface area contributed by atoms with Gasteiger partial charge < -0.3 is 9.47 Å². The molecule has 0 amide bonds. The summed E-state index contributed by atoms with van der Waals surface area (Å²) in [5, 5.41) is 4.54. The van der Waals surface area contributed by atoms with Crippen LogP contribution in [0.3, 0.4) is 0 Å². The Kier molecular flexibility index (Phi) is 8.79. The highest BCUT2D eigenvalue weighted by Crippen LogP contribution is 2.41. The Morgan fingerprint density at radius 1 is 0.339 bits per heavy atom. The van der Waals surface area contributed by atoms with Gasteiger partial charge in [-0.2, -0.15) is 0 Å². The molecule has 0 bridgehead atoms. The summed E-state index contributed by atoms with van der Waals surface area (Å²) in [6.07, 6.45) is 0. The number of nitrogens with zero attached hydrogens (tertiary/aromatic N) is 2. The number of fused-ring (bicyclic) bond motifs is 4. The van der Waals surface area contributed by atoms with Crippen molar-refractivity contribution in [2.24, 2.45) is 0 Å². The first-order valence-corrected chi connectivity index (χ1v) is 19.0. The molecule has 0 aliphatic heterocycles. The van der Waals surface area contributed by atoms with E-state index in [1.807, 2.05) is 89.8 Å². The third-order valence-corrected chi connectivity index (χ3v) is 11.0. The van der Waals surface area contributed by atoms with Crippen LogP contribution in [0.5, 0.6) is 0 Å². The number of rotatable bonds is 7. The molecule has 10 rings (SSSR count). The lowest BCUT2D eigenvalue weighted by Gasteiger charge is -2.26. The normalized spacial score (nSPS) is 11.5. The van der Waals surface area contributed by atoms with Gasteiger partial charge in [-0.05, 0) is 105 Å². The molecule has 284 valence electrons. The van der Waals surface area contributed by atoms with Crippen molar-refractivity contribution in [3.8, 4) is 39.1 Å². The summed E-state index contributed by atoms with van der Waals surface area (Å²) in [6.45, 7) is 0. The van der Waals surface area contributed by atoms with Crippen LogP contribution in [0.25, 0.3) is 71.6 Å². The minimum absolute atomic E-state index is 0.146. The van der Waals surface area contributed by atoms with Crippen LogP contribution in [0.1, 0.15) is 0 Å². The Morgan fingerprint density at radius 3 is 1.49 bits per heavy atom. The third-order valence-electron chi connectivity index (χ3n) is 11.0. The minimum Gasteiger partial charge on any atom is -0.311 e. The molecule has 7 heteroatoms. The number of halogens is 5. The zero-order valence-corrected chi connectivity index (χ0v) is 31.2. The van der Waals surface area contributed by atoms with Gasteiger partial charge in [-0.25, -0.2) is 22.0 Å². The van der Waals surface area contributed by atoms with Crippen molar-refractivity contribution in [3.05, 3.63) is 217 Å². The van der Waals surface area contributed by atoms with Crippen molar-refractivity contribution in [2.45, 2.75) is 0 Å². The van der Waals surface area contributed by atoms with Gasteiger partial charge in [0, 0.05) is 33.5 Å². The summed E-state index contributed by atoms with van der Waals surface area (Å²) in [5.74, 6) is -9.93. The van der Waals surface area contributed by atoms with Crippen molar-refractivity contribution < 1.29 is 22.0 Å². The second-order valence-electron chi connectivity index (χ2n) is 14.4. The molecule has 59 heavy (non-hydrogen) atoms. The minimum atomic E-state index is -2.19. The van der Waals surface area contributed by atoms with Gasteiger partial charge in [0.2, 0.25) is 5.82 Å². The Labute approximate surface area is 336 Å². The van der Waals surface area contributed by atoms with Crippen molar-refractivity contribution in [1.29, 1.82) is 0 Å². The summed E-state index contributed by atoms with van der Waals surface area (Å²) in [6, 6.07) is 61.7. The summed E-state index contributed by atoms with van der Waals surface area (Å²) < 4.78 is 74.2. The number of benzene rings is 9. The zero-order chi connectivity index (χ0) is 40.2. The van der Waals surface area contributed by atoms with Gasteiger partial charge in [0.15, 0.2) is 23.3 Å². The lowest BCUT2D eigenvalue weighted by atomic mass is 9.98. The number of aromatic nitrogens is 1. The molecule has 0 unspecified atom stereocenters. The highest BCUT2D eigenvalue weighted by Gasteiger charge is 2.27. The van der Waals surface area contributed by atoms with E-state index in [0.717, 1.165) is 71.9 Å². The molecule has 0 radical (unpaired) electrons. The molecule has 0 aliphatic carbocycles. The van der Waals surface area contributed by atoms with Crippen LogP contribution in [0.15, 0.2) is 188 Å². The summed E-state index contributed by atoms with van der Waals surface area (Å²) in [4.78, 5) is 1.98. The van der Waals surface area contributed by atoms with Crippen molar-refractivity contribution >= 4 is 49.6 Å². The molecule has 0 saturated carbocycles. The van der Waals surface area contributed by atoms with Crippen LogP contribution >= 0.6 is 0 Å². The standard InChI is InChI=1S/C52H31F5N2/c53-48-47(49(54)51(56)52(57)50(48)55)35-21-28-40(29-22-35)58(39-26-19-34(20-27-39)42-15-8-10-33-9-4-5-13-41(33)42)38-24-17-32(18-25-38)36-23-30-46-44(31-36)43-14-6-7-16-45(43)59(46)37-11-2-1-3-12-37/h1-31H. The van der Waals surface area contributed by atoms with Gasteiger partial charge in [0.1, 0.15) is 0 Å². The van der Waals surface area contributed by atoms with E-state index in [1.165, 1.54) is 12.1 Å². The van der Waals surface area contributed by atoms with Gasteiger partial charge in [-0.1, -0.05) is 121 Å². The average Bonchev–Trinajstić information content (AvgIpc) is 3.62. The first kappa shape index (κ1) is 35.9. The Balaban J connectivity index is 1.05. The van der Waals surface area contributed by atoms with Crippen LogP contribution in [-0.2, 0) is 0 Å². The van der Waals surface area contributed by atoms with Gasteiger partial charge in [-0.15, -0.1) is 0 Å². The van der Waals surface area contributed by atoms with E-state index < -0.39 is 34.6 Å². The maximum absolute atomic E-state index is 14.8. The Bertz CT molecular complexity index is 3160. The Morgan fingerprint density at radius 2 is 0.831 bits per heavy atom. The fourth-order valence-electron chi connectivity index (χ4n) is 8.16. The van der Waals surface area contributed by atoms with Gasteiger partial charge in [0.25, 0.3) is 0 Å². The average molecular weight is 779 g/mol. The Hall–Kier alpha value is -7.51. The summed E-state index contributed by atoms with van der Waals surface area (Å²) >= 11 is 0. The molecular formula is C52H31F5N2. The molecular weight excluding hydrogens is 748 g/mol. The van der Waals surface area contributed by atoms with E-state index in [9.17, 15) is 22.0 Å². The highest BCUT2D eigenvalue weighted by atomic mass is 19.2. The second kappa shape index (κ2) is 14.5. The van der Waals surface area contributed by atoms with Crippen LogP contribution in [0.4, 0.5) is 39.0 Å². The van der Waals surface area contributed by atoms with E-state index in [1.54, 1.807) is 12.1 Å². The summed E-state index contributed by atoms with van der Waals surface area (Å²) in [5.41, 5.74) is 8.52. The molecule has 1 heterocycles. The van der Waals surface area contributed by atoms with Gasteiger partial charge in [0.05, 0.1) is 16.6 Å². The fourth-order valence-corrected chi connectivity index (χ4v) is 8.16. The van der Waals surface area contributed by atoms with Gasteiger partial charge >= 0.3 is 0 Å². The van der Waals surface area contributed by atoms with E-state index in [2.05, 4.69) is 83.4 Å². The molecule has 0 aliphatic rings. The molecule has 0 fully saturated rings. The number of anilines is 3. The molecule has 0 spiro atoms. The zero-order valence-electron chi connectivity index (χ0n) is 31.2. The number of hydrogen-bond donors (Lipinski definition) is 0. The lowest BCUT2D eigenvalue weighted by molar-refractivity contribution is 0.381. The molecule has 0 atom stereocenters. The molecule has 1 aromatic heterocycles. The number of para-hydroxylation sites is 2. The van der Waals surface area contributed by atoms with Crippen molar-refractivity contribution in [3.63, 3.8) is 0 Å². The van der Waals surface area contributed by atoms with E-state index in [4.69, 9.17) is 0 Å². The third kappa shape index (κ3) is 6.10. The predicted octanol–water partition coefficient (Wildman–Crippen LogP) is 15.1. The highest BCUT2D eigenvalue weighted by molar-refractivity contribution is 6.10. The molecule has 0 N–H and O–H groups in total. The quantitative estimate of drug-likeness (QED) is 0.0889. The van der Waals surface area contributed by atoms with Crippen molar-refractivity contribution in [1.82, 2.24) is 4.57 Å². The molecule has 0 saturated heterocycles. The SMILES string of the molecule is Fc1c(F)c(F)c(-c2ccc(N(c3ccc(-c4ccc5c(c4)c4ccccc4n5-c4ccccc4)cc3)c3ccc(-c4cccc5ccccc45)cc3)cc2)c(F)c1F. The molecule has 9 aromatic carbocycles. The van der Waals surface area contributed by atoms with E-state index in [-0.39, 0.29) is 5.56 Å². The topological polar surface area (TPSA) is 8.17 Å². The maximum atomic E-state index is 14.8. The fraction of sp³-hybridized carbons (Fsp3) is 0. The first-order chi connectivity index (χ1) is 28.9. The van der Waals surface area contributed by atoms with Crippen molar-refractivity contribution in [2.75, 3.05) is 4.90 Å². The molecule has 10 aromatic rings. The van der Waals surface area contributed by atoms with Crippen LogP contribution in [-0.4, -0.2) is 4.57 Å². The predicted molar refractivity (Wildman–Crippen MR) is 229 cm³/mol. The maximum Gasteiger partial charge on any atom is 0.200 e. The summed E-state index contributed by atoms with van der Waals surface area (Å²) in [7, 11) is 0. The smallest absolute Gasteiger partial charge is 0.200 e.